The highest BCUT2D eigenvalue weighted by molar-refractivity contribution is 5.69. The van der Waals surface area contributed by atoms with Crippen LogP contribution < -0.4 is 0 Å². The van der Waals surface area contributed by atoms with Crippen molar-refractivity contribution in [3.8, 4) is 0 Å². The van der Waals surface area contributed by atoms with Crippen LogP contribution in [0.15, 0.2) is 0 Å². The molecule has 0 saturated carbocycles. The van der Waals surface area contributed by atoms with E-state index in [9.17, 15) is 4.79 Å². The average Bonchev–Trinajstić information content (AvgIpc) is 2.85. The molecule has 0 radical (unpaired) electrons. The van der Waals surface area contributed by atoms with Crippen LogP contribution in [0.3, 0.4) is 0 Å². The summed E-state index contributed by atoms with van der Waals surface area (Å²) in [6.07, 6.45) is 34.6. The van der Waals surface area contributed by atoms with Gasteiger partial charge in [0, 0.05) is 6.42 Å². The highest BCUT2D eigenvalue weighted by atomic mass is 16.5. The Morgan fingerprint density at radius 1 is 0.514 bits per heavy atom. The number of carbonyl (C=O) groups is 1. The average molecular weight is 523 g/mol. The molecular formula is C35H70O2. The fourth-order valence-corrected chi connectivity index (χ4v) is 5.33. The summed E-state index contributed by atoms with van der Waals surface area (Å²) in [5.41, 5.74) is 0.482. The molecule has 2 nitrogen and oxygen atoms in total. The molecular weight excluding hydrogens is 452 g/mol. The Morgan fingerprint density at radius 3 is 1.27 bits per heavy atom. The van der Waals surface area contributed by atoms with Crippen LogP contribution in [0.25, 0.3) is 0 Å². The van der Waals surface area contributed by atoms with E-state index in [4.69, 9.17) is 4.74 Å². The highest BCUT2D eigenvalue weighted by Crippen LogP contribution is 2.23. The van der Waals surface area contributed by atoms with Gasteiger partial charge in [0.15, 0.2) is 0 Å². The molecule has 0 heterocycles. The third kappa shape index (κ3) is 29.9. The molecule has 0 spiro atoms. The Morgan fingerprint density at radius 2 is 0.865 bits per heavy atom. The van der Waals surface area contributed by atoms with Crippen molar-refractivity contribution in [1.82, 2.24) is 0 Å². The minimum Gasteiger partial charge on any atom is -0.462 e. The molecule has 0 aliphatic carbocycles. The van der Waals surface area contributed by atoms with Crippen LogP contribution in [-0.2, 0) is 9.53 Å². The molecule has 0 amide bonds. The van der Waals surface area contributed by atoms with Crippen molar-refractivity contribution in [2.24, 2.45) is 5.41 Å². The zero-order chi connectivity index (χ0) is 27.5. The predicted molar refractivity (Wildman–Crippen MR) is 165 cm³/mol. The number of esters is 1. The van der Waals surface area contributed by atoms with Crippen molar-refractivity contribution in [1.29, 1.82) is 0 Å². The second-order valence-corrected chi connectivity index (χ2v) is 13.2. The van der Waals surface area contributed by atoms with Gasteiger partial charge in [-0.2, -0.15) is 0 Å². The van der Waals surface area contributed by atoms with Crippen LogP contribution in [0.5, 0.6) is 0 Å². The SMILES string of the molecule is CCCCCCCCCCCC(CCCCCCCC)OC(=O)CCCCCCCCCCC(C)(C)C. The molecule has 0 saturated heterocycles. The van der Waals surface area contributed by atoms with E-state index in [1.807, 2.05) is 0 Å². The number of rotatable bonds is 28. The largest absolute Gasteiger partial charge is 0.462 e. The molecule has 222 valence electrons. The van der Waals surface area contributed by atoms with E-state index >= 15 is 0 Å². The number of unbranched alkanes of at least 4 members (excludes halogenated alkanes) is 20. The Labute approximate surface area is 234 Å². The van der Waals surface area contributed by atoms with Crippen LogP contribution >= 0.6 is 0 Å². The van der Waals surface area contributed by atoms with Gasteiger partial charge in [-0.1, -0.05) is 163 Å². The van der Waals surface area contributed by atoms with Crippen LogP contribution in [0.4, 0.5) is 0 Å². The third-order valence-corrected chi connectivity index (χ3v) is 7.87. The maximum absolute atomic E-state index is 12.6. The standard InChI is InChI=1S/C35H70O2/c1-6-8-10-12-14-15-18-22-26-30-33(29-25-21-13-11-9-7-2)37-34(36)31-27-23-19-16-17-20-24-28-32-35(3,4)5/h33H,6-32H2,1-5H3. The van der Waals surface area contributed by atoms with E-state index in [2.05, 4.69) is 34.6 Å². The lowest BCUT2D eigenvalue weighted by Gasteiger charge is -2.18. The van der Waals surface area contributed by atoms with Crippen molar-refractivity contribution in [2.45, 2.75) is 214 Å². The van der Waals surface area contributed by atoms with Crippen molar-refractivity contribution in [3.63, 3.8) is 0 Å². The monoisotopic (exact) mass is 523 g/mol. The normalized spacial score (nSPS) is 12.7. The fraction of sp³-hybridized carbons (Fsp3) is 0.971. The first-order valence-corrected chi connectivity index (χ1v) is 17.1. The van der Waals surface area contributed by atoms with E-state index in [0.29, 0.717) is 11.8 Å². The maximum atomic E-state index is 12.6. The molecule has 0 aromatic heterocycles. The summed E-state index contributed by atoms with van der Waals surface area (Å²) in [4.78, 5) is 12.6. The predicted octanol–water partition coefficient (Wildman–Crippen LogP) is 12.5. The second kappa shape index (κ2) is 27.1. The summed E-state index contributed by atoms with van der Waals surface area (Å²) in [5.74, 6) is 0.0640. The smallest absolute Gasteiger partial charge is 0.306 e. The van der Waals surface area contributed by atoms with Gasteiger partial charge in [0.25, 0.3) is 0 Å². The number of hydrogen-bond donors (Lipinski definition) is 0. The lowest BCUT2D eigenvalue weighted by Crippen LogP contribution is -2.18. The minimum atomic E-state index is 0.0640. The summed E-state index contributed by atoms with van der Waals surface area (Å²) < 4.78 is 6.01. The van der Waals surface area contributed by atoms with Crippen LogP contribution in [0.2, 0.25) is 0 Å². The number of ether oxygens (including phenoxy) is 1. The molecule has 0 aliphatic rings. The molecule has 1 unspecified atom stereocenters. The first kappa shape index (κ1) is 36.5. The van der Waals surface area contributed by atoms with Gasteiger partial charge in [-0.15, -0.1) is 0 Å². The van der Waals surface area contributed by atoms with Gasteiger partial charge >= 0.3 is 5.97 Å². The van der Waals surface area contributed by atoms with Gasteiger partial charge in [0.2, 0.25) is 0 Å². The van der Waals surface area contributed by atoms with E-state index in [1.165, 1.54) is 148 Å². The zero-order valence-corrected chi connectivity index (χ0v) is 26.5. The minimum absolute atomic E-state index is 0.0640. The van der Waals surface area contributed by atoms with E-state index in [1.54, 1.807) is 0 Å². The summed E-state index contributed by atoms with van der Waals surface area (Å²) in [6.45, 7) is 11.6. The second-order valence-electron chi connectivity index (χ2n) is 13.2. The van der Waals surface area contributed by atoms with Crippen LogP contribution in [0.1, 0.15) is 208 Å². The first-order valence-electron chi connectivity index (χ1n) is 17.1. The van der Waals surface area contributed by atoms with Crippen molar-refractivity contribution in [3.05, 3.63) is 0 Å². The molecule has 0 rings (SSSR count). The van der Waals surface area contributed by atoms with Gasteiger partial charge < -0.3 is 4.74 Å². The molecule has 2 heteroatoms. The Hall–Kier alpha value is -0.530. The number of hydrogen-bond acceptors (Lipinski definition) is 2. The molecule has 0 aromatic carbocycles. The zero-order valence-electron chi connectivity index (χ0n) is 26.5. The topological polar surface area (TPSA) is 26.3 Å². The third-order valence-electron chi connectivity index (χ3n) is 7.87. The van der Waals surface area contributed by atoms with Crippen LogP contribution in [0, 0.1) is 5.41 Å². The Bertz CT molecular complexity index is 464. The molecule has 0 fully saturated rings. The lowest BCUT2D eigenvalue weighted by molar-refractivity contribution is -0.150. The van der Waals surface area contributed by atoms with E-state index in [0.717, 1.165) is 19.3 Å². The van der Waals surface area contributed by atoms with Crippen molar-refractivity contribution >= 4 is 5.97 Å². The lowest BCUT2D eigenvalue weighted by atomic mass is 9.89. The highest BCUT2D eigenvalue weighted by Gasteiger charge is 2.14. The van der Waals surface area contributed by atoms with Gasteiger partial charge in [-0.05, 0) is 43.9 Å². The summed E-state index contributed by atoms with van der Waals surface area (Å²) in [5, 5.41) is 0. The molecule has 0 N–H and O–H groups in total. The molecule has 0 aromatic rings. The Kier molecular flexibility index (Phi) is 26.7. The summed E-state index contributed by atoms with van der Waals surface area (Å²) >= 11 is 0. The summed E-state index contributed by atoms with van der Waals surface area (Å²) in [7, 11) is 0. The van der Waals surface area contributed by atoms with Crippen LogP contribution in [-0.4, -0.2) is 12.1 Å². The Balaban J connectivity index is 3.97. The van der Waals surface area contributed by atoms with E-state index < -0.39 is 0 Å². The maximum Gasteiger partial charge on any atom is 0.306 e. The molecule has 0 aliphatic heterocycles. The molecule has 0 bridgehead atoms. The number of carbonyl (C=O) groups excluding carboxylic acids is 1. The first-order chi connectivity index (χ1) is 17.9. The van der Waals surface area contributed by atoms with Gasteiger partial charge in [-0.25, -0.2) is 0 Å². The van der Waals surface area contributed by atoms with Gasteiger partial charge in [0.05, 0.1) is 0 Å². The summed E-state index contributed by atoms with van der Waals surface area (Å²) in [6, 6.07) is 0. The van der Waals surface area contributed by atoms with Gasteiger partial charge in [0.1, 0.15) is 6.10 Å². The molecule has 1 atom stereocenters. The van der Waals surface area contributed by atoms with Crippen molar-refractivity contribution in [2.75, 3.05) is 0 Å². The fourth-order valence-electron chi connectivity index (χ4n) is 5.33. The molecule has 37 heavy (non-hydrogen) atoms. The quantitative estimate of drug-likeness (QED) is 0.0754. The van der Waals surface area contributed by atoms with Gasteiger partial charge in [-0.3, -0.25) is 4.79 Å². The van der Waals surface area contributed by atoms with Crippen molar-refractivity contribution < 1.29 is 9.53 Å². The van der Waals surface area contributed by atoms with E-state index in [-0.39, 0.29) is 12.1 Å².